The van der Waals surface area contributed by atoms with E-state index >= 15 is 0 Å². The van der Waals surface area contributed by atoms with Crippen molar-refractivity contribution in [2.45, 2.75) is 19.4 Å². The molecule has 0 saturated carbocycles. The molecule has 1 aromatic carbocycles. The molecule has 2 aliphatic heterocycles. The van der Waals surface area contributed by atoms with Gasteiger partial charge in [-0.1, -0.05) is 0 Å². The zero-order valence-electron chi connectivity index (χ0n) is 12.4. The quantitative estimate of drug-likeness (QED) is 0.832. The van der Waals surface area contributed by atoms with E-state index in [9.17, 15) is 13.2 Å². The number of carbonyl (C=O) groups excluding carboxylic acids is 1. The van der Waals surface area contributed by atoms with Crippen molar-refractivity contribution in [1.29, 1.82) is 0 Å². The monoisotopic (exact) mass is 325 g/mol. The van der Waals surface area contributed by atoms with Crippen molar-refractivity contribution < 1.29 is 22.7 Å². The number of sulfone groups is 1. The molecule has 1 fully saturated rings. The van der Waals surface area contributed by atoms with Gasteiger partial charge in [-0.2, -0.15) is 0 Å². The summed E-state index contributed by atoms with van der Waals surface area (Å²) in [6.45, 7) is 3.30. The Hall–Kier alpha value is -1.76. The maximum Gasteiger partial charge on any atom is 0.254 e. The van der Waals surface area contributed by atoms with Gasteiger partial charge in [0.25, 0.3) is 5.91 Å². The summed E-state index contributed by atoms with van der Waals surface area (Å²) in [5, 5.41) is 0. The van der Waals surface area contributed by atoms with Gasteiger partial charge in [-0.25, -0.2) is 8.42 Å². The van der Waals surface area contributed by atoms with Crippen molar-refractivity contribution in [2.24, 2.45) is 0 Å². The second kappa shape index (κ2) is 5.79. The fraction of sp³-hybridized carbons (Fsp3) is 0.533. The largest absolute Gasteiger partial charge is 0.486 e. The predicted molar refractivity (Wildman–Crippen MR) is 81.2 cm³/mol. The molecule has 6 nitrogen and oxygen atoms in total. The number of ether oxygens (including phenoxy) is 2. The average Bonchev–Trinajstić information content (AvgIpc) is 2.87. The van der Waals surface area contributed by atoms with Crippen molar-refractivity contribution in [3.8, 4) is 11.5 Å². The van der Waals surface area contributed by atoms with Gasteiger partial charge >= 0.3 is 0 Å². The van der Waals surface area contributed by atoms with Crippen molar-refractivity contribution in [3.63, 3.8) is 0 Å². The third kappa shape index (κ3) is 2.90. The predicted octanol–water partition coefficient (Wildman–Crippen LogP) is 1.11. The van der Waals surface area contributed by atoms with Gasteiger partial charge in [0.05, 0.1) is 11.5 Å². The average molecular weight is 325 g/mol. The Labute approximate surface area is 129 Å². The Morgan fingerprint density at radius 1 is 1.27 bits per heavy atom. The van der Waals surface area contributed by atoms with Gasteiger partial charge in [0, 0.05) is 18.2 Å². The van der Waals surface area contributed by atoms with Crippen LogP contribution < -0.4 is 9.47 Å². The number of benzene rings is 1. The molecule has 1 unspecified atom stereocenters. The fourth-order valence-corrected chi connectivity index (χ4v) is 4.66. The van der Waals surface area contributed by atoms with Crippen LogP contribution in [0.4, 0.5) is 0 Å². The third-order valence-corrected chi connectivity index (χ3v) is 5.79. The first kappa shape index (κ1) is 15.1. The van der Waals surface area contributed by atoms with Crippen LogP contribution in [0.3, 0.4) is 0 Å². The second-order valence-electron chi connectivity index (χ2n) is 5.51. The van der Waals surface area contributed by atoms with Crippen LogP contribution in [-0.4, -0.2) is 56.5 Å². The maximum atomic E-state index is 12.7. The van der Waals surface area contributed by atoms with E-state index in [1.807, 2.05) is 6.92 Å². The molecule has 1 saturated heterocycles. The minimum Gasteiger partial charge on any atom is -0.486 e. The van der Waals surface area contributed by atoms with Crippen LogP contribution in [0.2, 0.25) is 0 Å². The molecule has 120 valence electrons. The van der Waals surface area contributed by atoms with E-state index in [4.69, 9.17) is 9.47 Å². The molecule has 3 rings (SSSR count). The Morgan fingerprint density at radius 3 is 2.64 bits per heavy atom. The van der Waals surface area contributed by atoms with Gasteiger partial charge in [0.15, 0.2) is 21.3 Å². The van der Waals surface area contributed by atoms with Gasteiger partial charge in [-0.05, 0) is 31.5 Å². The van der Waals surface area contributed by atoms with E-state index in [0.29, 0.717) is 43.2 Å². The summed E-state index contributed by atoms with van der Waals surface area (Å²) in [7, 11) is -3.02. The molecule has 1 amide bonds. The van der Waals surface area contributed by atoms with Crippen LogP contribution in [0.25, 0.3) is 0 Å². The lowest BCUT2D eigenvalue weighted by atomic mass is 10.1. The number of fused-ring (bicyclic) bond motifs is 1. The van der Waals surface area contributed by atoms with Gasteiger partial charge in [-0.3, -0.25) is 4.79 Å². The number of hydrogen-bond acceptors (Lipinski definition) is 5. The molecule has 7 heteroatoms. The SMILES string of the molecule is CCN(C(=O)c1ccc2c(c1)OCCO2)C1CCS(=O)(=O)C1. The first-order chi connectivity index (χ1) is 10.5. The van der Waals surface area contributed by atoms with Crippen LogP contribution in [-0.2, 0) is 9.84 Å². The molecule has 1 atom stereocenters. The van der Waals surface area contributed by atoms with Crippen LogP contribution in [0.1, 0.15) is 23.7 Å². The highest BCUT2D eigenvalue weighted by Crippen LogP contribution is 2.31. The van der Waals surface area contributed by atoms with Crippen LogP contribution in [0, 0.1) is 0 Å². The van der Waals surface area contributed by atoms with Crippen LogP contribution in [0.15, 0.2) is 18.2 Å². The zero-order valence-corrected chi connectivity index (χ0v) is 13.3. The van der Waals surface area contributed by atoms with E-state index in [1.54, 1.807) is 23.1 Å². The smallest absolute Gasteiger partial charge is 0.254 e. The highest BCUT2D eigenvalue weighted by Gasteiger charge is 2.34. The lowest BCUT2D eigenvalue weighted by molar-refractivity contribution is 0.0707. The lowest BCUT2D eigenvalue weighted by Crippen LogP contribution is -2.41. The Kier molecular flexibility index (Phi) is 3.99. The summed E-state index contributed by atoms with van der Waals surface area (Å²) in [4.78, 5) is 14.3. The van der Waals surface area contributed by atoms with Crippen molar-refractivity contribution in [2.75, 3.05) is 31.3 Å². The molecule has 0 bridgehead atoms. The molecule has 0 aliphatic carbocycles. The molecule has 2 heterocycles. The van der Waals surface area contributed by atoms with Crippen molar-refractivity contribution in [1.82, 2.24) is 4.90 Å². The van der Waals surface area contributed by atoms with E-state index in [-0.39, 0.29) is 23.5 Å². The van der Waals surface area contributed by atoms with Crippen molar-refractivity contribution >= 4 is 15.7 Å². The Bertz CT molecular complexity index is 685. The molecule has 22 heavy (non-hydrogen) atoms. The Balaban J connectivity index is 1.82. The molecule has 0 spiro atoms. The first-order valence-corrected chi connectivity index (χ1v) is 9.23. The van der Waals surface area contributed by atoms with E-state index in [1.165, 1.54) is 0 Å². The van der Waals surface area contributed by atoms with E-state index in [2.05, 4.69) is 0 Å². The number of rotatable bonds is 3. The fourth-order valence-electron chi connectivity index (χ4n) is 2.93. The summed E-state index contributed by atoms with van der Waals surface area (Å²) in [6.07, 6.45) is 0.506. The summed E-state index contributed by atoms with van der Waals surface area (Å²) >= 11 is 0. The van der Waals surface area contributed by atoms with Gasteiger partial charge in [0.2, 0.25) is 0 Å². The number of nitrogens with zero attached hydrogens (tertiary/aromatic N) is 1. The number of hydrogen-bond donors (Lipinski definition) is 0. The molecule has 2 aliphatic rings. The topological polar surface area (TPSA) is 72.9 Å². The summed E-state index contributed by atoms with van der Waals surface area (Å²) < 4.78 is 34.2. The highest BCUT2D eigenvalue weighted by molar-refractivity contribution is 7.91. The summed E-state index contributed by atoms with van der Waals surface area (Å²) in [5.41, 5.74) is 0.496. The first-order valence-electron chi connectivity index (χ1n) is 7.41. The number of carbonyl (C=O) groups is 1. The molecule has 0 radical (unpaired) electrons. The van der Waals surface area contributed by atoms with E-state index < -0.39 is 9.84 Å². The van der Waals surface area contributed by atoms with Crippen LogP contribution in [0.5, 0.6) is 11.5 Å². The highest BCUT2D eigenvalue weighted by atomic mass is 32.2. The third-order valence-electron chi connectivity index (χ3n) is 4.04. The molecule has 1 aromatic rings. The van der Waals surface area contributed by atoms with Gasteiger partial charge in [-0.15, -0.1) is 0 Å². The van der Waals surface area contributed by atoms with Gasteiger partial charge in [0.1, 0.15) is 13.2 Å². The lowest BCUT2D eigenvalue weighted by Gasteiger charge is -2.27. The summed E-state index contributed by atoms with van der Waals surface area (Å²) in [6, 6.07) is 4.85. The zero-order chi connectivity index (χ0) is 15.7. The maximum absolute atomic E-state index is 12.7. The van der Waals surface area contributed by atoms with Crippen molar-refractivity contribution in [3.05, 3.63) is 23.8 Å². The molecule has 0 aromatic heterocycles. The molecule has 0 N–H and O–H groups in total. The second-order valence-corrected chi connectivity index (χ2v) is 7.74. The summed E-state index contributed by atoms with van der Waals surface area (Å²) in [5.74, 6) is 1.24. The number of amides is 1. The van der Waals surface area contributed by atoms with Gasteiger partial charge < -0.3 is 14.4 Å². The van der Waals surface area contributed by atoms with E-state index in [0.717, 1.165) is 0 Å². The minimum atomic E-state index is -3.02. The Morgan fingerprint density at radius 2 is 2.00 bits per heavy atom. The normalized spacial score (nSPS) is 22.3. The standard InChI is InChI=1S/C15H19NO5S/c1-2-16(12-5-8-22(18,19)10-12)15(17)11-3-4-13-14(9-11)21-7-6-20-13/h3-4,9,12H,2,5-8,10H2,1H3. The molecular formula is C15H19NO5S. The minimum absolute atomic E-state index is 0.0527. The molecular weight excluding hydrogens is 306 g/mol. The van der Waals surface area contributed by atoms with Crippen LogP contribution >= 0.6 is 0 Å².